The molecular weight excluding hydrogens is 188 g/mol. The van der Waals surface area contributed by atoms with Crippen LogP contribution in [0.1, 0.15) is 32.1 Å². The van der Waals surface area contributed by atoms with Gasteiger partial charge in [0.2, 0.25) is 0 Å². The highest BCUT2D eigenvalue weighted by atomic mass is 16.5. The van der Waals surface area contributed by atoms with Crippen molar-refractivity contribution in [2.45, 2.75) is 44.2 Å². The van der Waals surface area contributed by atoms with Gasteiger partial charge in [-0.25, -0.2) is 0 Å². The third kappa shape index (κ3) is 2.92. The van der Waals surface area contributed by atoms with E-state index in [1.54, 1.807) is 0 Å². The summed E-state index contributed by atoms with van der Waals surface area (Å²) >= 11 is 0. The molecule has 2 atom stereocenters. The Morgan fingerprint density at radius 3 is 2.67 bits per heavy atom. The molecule has 3 heteroatoms. The molecule has 1 aliphatic carbocycles. The maximum Gasteiger partial charge on any atom is 0.0855 e. The van der Waals surface area contributed by atoms with E-state index in [2.05, 4.69) is 11.9 Å². The number of nitrogens with two attached hydrogens (primary N) is 1. The average molecular weight is 212 g/mol. The van der Waals surface area contributed by atoms with Crippen molar-refractivity contribution in [2.75, 3.05) is 26.7 Å². The highest BCUT2D eigenvalue weighted by Crippen LogP contribution is 2.28. The lowest BCUT2D eigenvalue weighted by molar-refractivity contribution is -0.0443. The molecule has 1 heterocycles. The van der Waals surface area contributed by atoms with Gasteiger partial charge in [0.25, 0.3) is 0 Å². The van der Waals surface area contributed by atoms with E-state index < -0.39 is 0 Å². The lowest BCUT2D eigenvalue weighted by Crippen LogP contribution is -2.52. The Hall–Kier alpha value is -0.120. The first-order chi connectivity index (χ1) is 7.27. The van der Waals surface area contributed by atoms with Crippen LogP contribution in [0, 0.1) is 5.92 Å². The molecule has 1 saturated heterocycles. The summed E-state index contributed by atoms with van der Waals surface area (Å²) in [6, 6.07) is 0.257. The Bertz CT molecular complexity index is 192. The largest absolute Gasteiger partial charge is 0.374 e. The number of morpholine rings is 1. The smallest absolute Gasteiger partial charge is 0.0855 e. The minimum Gasteiger partial charge on any atom is -0.374 e. The third-order valence-electron chi connectivity index (χ3n) is 3.92. The molecule has 0 aromatic carbocycles. The van der Waals surface area contributed by atoms with Gasteiger partial charge >= 0.3 is 0 Å². The van der Waals surface area contributed by atoms with E-state index in [-0.39, 0.29) is 12.1 Å². The SMILES string of the molecule is CN1CCOC(C(N)C2CCCCC2)C1. The Labute approximate surface area is 93.0 Å². The third-order valence-corrected chi connectivity index (χ3v) is 3.92. The molecule has 0 bridgehead atoms. The fraction of sp³-hybridized carbons (Fsp3) is 1.00. The van der Waals surface area contributed by atoms with E-state index in [1.165, 1.54) is 32.1 Å². The molecule has 88 valence electrons. The maximum atomic E-state index is 6.33. The molecular formula is C12H24N2O. The number of hydrogen-bond donors (Lipinski definition) is 1. The highest BCUT2D eigenvalue weighted by molar-refractivity contribution is 4.86. The molecule has 0 amide bonds. The van der Waals surface area contributed by atoms with E-state index in [1.807, 2.05) is 0 Å². The molecule has 0 aromatic heterocycles. The zero-order chi connectivity index (χ0) is 10.7. The minimum absolute atomic E-state index is 0.257. The van der Waals surface area contributed by atoms with Gasteiger partial charge < -0.3 is 15.4 Å². The quantitative estimate of drug-likeness (QED) is 0.748. The zero-order valence-electron chi connectivity index (χ0n) is 9.82. The Morgan fingerprint density at radius 1 is 1.27 bits per heavy atom. The van der Waals surface area contributed by atoms with E-state index in [9.17, 15) is 0 Å². The Kier molecular flexibility index (Phi) is 4.00. The fourth-order valence-corrected chi connectivity index (χ4v) is 2.87. The van der Waals surface area contributed by atoms with Gasteiger partial charge in [-0.15, -0.1) is 0 Å². The first-order valence-electron chi connectivity index (χ1n) is 6.33. The second-order valence-corrected chi connectivity index (χ2v) is 5.15. The van der Waals surface area contributed by atoms with E-state index in [0.717, 1.165) is 19.7 Å². The molecule has 0 aromatic rings. The van der Waals surface area contributed by atoms with Crippen LogP contribution >= 0.6 is 0 Å². The lowest BCUT2D eigenvalue weighted by Gasteiger charge is -2.38. The lowest BCUT2D eigenvalue weighted by atomic mass is 9.82. The van der Waals surface area contributed by atoms with Gasteiger partial charge in [-0.1, -0.05) is 19.3 Å². The van der Waals surface area contributed by atoms with Crippen LogP contribution < -0.4 is 5.73 Å². The number of likely N-dealkylation sites (N-methyl/N-ethyl adjacent to an activating group) is 1. The summed E-state index contributed by atoms with van der Waals surface area (Å²) in [6.07, 6.45) is 7.01. The number of ether oxygens (including phenoxy) is 1. The maximum absolute atomic E-state index is 6.33. The van der Waals surface area contributed by atoms with Crippen LogP contribution in [-0.2, 0) is 4.74 Å². The van der Waals surface area contributed by atoms with Gasteiger partial charge in [-0.3, -0.25) is 0 Å². The molecule has 15 heavy (non-hydrogen) atoms. The van der Waals surface area contributed by atoms with Crippen LogP contribution in [0.4, 0.5) is 0 Å². The highest BCUT2D eigenvalue weighted by Gasteiger charge is 2.30. The predicted molar refractivity (Wildman–Crippen MR) is 61.8 cm³/mol. The first kappa shape index (κ1) is 11.4. The second-order valence-electron chi connectivity index (χ2n) is 5.15. The van der Waals surface area contributed by atoms with Crippen molar-refractivity contribution in [3.63, 3.8) is 0 Å². The number of hydrogen-bond acceptors (Lipinski definition) is 3. The fourth-order valence-electron chi connectivity index (χ4n) is 2.87. The standard InChI is InChI=1S/C12H24N2O/c1-14-7-8-15-11(9-14)12(13)10-5-3-2-4-6-10/h10-12H,2-9,13H2,1H3. The topological polar surface area (TPSA) is 38.5 Å². The van der Waals surface area contributed by atoms with Crippen molar-refractivity contribution in [1.29, 1.82) is 0 Å². The second kappa shape index (κ2) is 5.28. The first-order valence-corrected chi connectivity index (χ1v) is 6.33. The molecule has 1 saturated carbocycles. The predicted octanol–water partition coefficient (Wildman–Crippen LogP) is 1.22. The van der Waals surface area contributed by atoms with Gasteiger partial charge in [0.15, 0.2) is 0 Å². The molecule has 2 rings (SSSR count). The molecule has 0 radical (unpaired) electrons. The number of nitrogens with zero attached hydrogens (tertiary/aromatic N) is 1. The van der Waals surface area contributed by atoms with Crippen LogP contribution in [0.3, 0.4) is 0 Å². The minimum atomic E-state index is 0.257. The van der Waals surface area contributed by atoms with E-state index in [4.69, 9.17) is 10.5 Å². The summed E-state index contributed by atoms with van der Waals surface area (Å²) in [5, 5.41) is 0. The van der Waals surface area contributed by atoms with Crippen LogP contribution in [0.15, 0.2) is 0 Å². The van der Waals surface area contributed by atoms with Gasteiger partial charge in [-0.05, 0) is 25.8 Å². The molecule has 0 spiro atoms. The van der Waals surface area contributed by atoms with Crippen molar-refractivity contribution in [2.24, 2.45) is 11.7 Å². The molecule has 3 nitrogen and oxygen atoms in total. The molecule has 2 fully saturated rings. The summed E-state index contributed by atoms with van der Waals surface area (Å²) in [6.45, 7) is 2.91. The Morgan fingerprint density at radius 2 is 2.00 bits per heavy atom. The van der Waals surface area contributed by atoms with Crippen molar-refractivity contribution < 1.29 is 4.74 Å². The normalized spacial score (nSPS) is 32.8. The van der Waals surface area contributed by atoms with Crippen molar-refractivity contribution in [1.82, 2.24) is 4.90 Å². The molecule has 2 unspecified atom stereocenters. The van der Waals surface area contributed by atoms with Gasteiger partial charge in [0.1, 0.15) is 0 Å². The molecule has 1 aliphatic heterocycles. The zero-order valence-corrected chi connectivity index (χ0v) is 9.82. The van der Waals surface area contributed by atoms with E-state index in [0.29, 0.717) is 5.92 Å². The summed E-state index contributed by atoms with van der Waals surface area (Å²) in [4.78, 5) is 2.33. The van der Waals surface area contributed by atoms with Gasteiger partial charge in [0.05, 0.1) is 12.7 Å². The van der Waals surface area contributed by atoms with Crippen molar-refractivity contribution >= 4 is 0 Å². The van der Waals surface area contributed by atoms with Crippen LogP contribution in [0.2, 0.25) is 0 Å². The van der Waals surface area contributed by atoms with Crippen LogP contribution in [0.5, 0.6) is 0 Å². The van der Waals surface area contributed by atoms with Crippen molar-refractivity contribution in [3.8, 4) is 0 Å². The van der Waals surface area contributed by atoms with Crippen molar-refractivity contribution in [3.05, 3.63) is 0 Å². The molecule has 2 N–H and O–H groups in total. The summed E-state index contributed by atoms with van der Waals surface area (Å²) < 4.78 is 5.80. The van der Waals surface area contributed by atoms with Gasteiger partial charge in [-0.2, -0.15) is 0 Å². The monoisotopic (exact) mass is 212 g/mol. The summed E-state index contributed by atoms with van der Waals surface area (Å²) in [7, 11) is 2.16. The van der Waals surface area contributed by atoms with Gasteiger partial charge in [0, 0.05) is 19.1 Å². The average Bonchev–Trinajstić information content (AvgIpc) is 2.29. The van der Waals surface area contributed by atoms with Crippen LogP contribution in [-0.4, -0.2) is 43.8 Å². The number of rotatable bonds is 2. The Balaban J connectivity index is 1.85. The summed E-state index contributed by atoms with van der Waals surface area (Å²) in [5.41, 5.74) is 6.33. The summed E-state index contributed by atoms with van der Waals surface area (Å²) in [5.74, 6) is 0.704. The van der Waals surface area contributed by atoms with E-state index >= 15 is 0 Å². The van der Waals surface area contributed by atoms with Crippen LogP contribution in [0.25, 0.3) is 0 Å². The molecule has 2 aliphatic rings.